The van der Waals surface area contributed by atoms with Crippen LogP contribution in [0.1, 0.15) is 22.1 Å². The van der Waals surface area contributed by atoms with E-state index in [9.17, 15) is 4.79 Å². The first-order valence-electron chi connectivity index (χ1n) is 4.94. The molecule has 1 aromatic heterocycles. The van der Waals surface area contributed by atoms with E-state index in [4.69, 9.17) is 5.73 Å². The van der Waals surface area contributed by atoms with E-state index in [0.29, 0.717) is 0 Å². The van der Waals surface area contributed by atoms with Crippen molar-refractivity contribution in [2.45, 2.75) is 12.8 Å². The monoisotopic (exact) mass is 232 g/mol. The lowest BCUT2D eigenvalue weighted by atomic mass is 9.94. The third-order valence-corrected chi connectivity index (χ3v) is 3.25. The summed E-state index contributed by atoms with van der Waals surface area (Å²) in [5.41, 5.74) is 8.85. The zero-order valence-electron chi connectivity index (χ0n) is 8.88. The van der Waals surface area contributed by atoms with E-state index in [1.54, 1.807) is 5.51 Å². The minimum Gasteiger partial charge on any atom is -0.369 e. The Morgan fingerprint density at radius 2 is 2.06 bits per heavy atom. The first-order valence-corrected chi connectivity index (χ1v) is 5.82. The van der Waals surface area contributed by atoms with Crippen LogP contribution in [0, 0.1) is 6.92 Å². The number of aryl methyl sites for hydroxylation is 1. The van der Waals surface area contributed by atoms with Crippen LogP contribution in [0.15, 0.2) is 35.8 Å². The van der Waals surface area contributed by atoms with Gasteiger partial charge in [0.05, 0.1) is 11.2 Å². The molecule has 0 fully saturated rings. The van der Waals surface area contributed by atoms with Gasteiger partial charge >= 0.3 is 0 Å². The van der Waals surface area contributed by atoms with Gasteiger partial charge in [-0.25, -0.2) is 4.98 Å². The number of primary amides is 1. The molecule has 4 heteroatoms. The summed E-state index contributed by atoms with van der Waals surface area (Å²) in [5.74, 6) is -0.798. The van der Waals surface area contributed by atoms with E-state index >= 15 is 0 Å². The lowest BCUT2D eigenvalue weighted by Gasteiger charge is -2.12. The van der Waals surface area contributed by atoms with Gasteiger partial charge in [-0.2, -0.15) is 0 Å². The largest absolute Gasteiger partial charge is 0.369 e. The molecule has 1 unspecified atom stereocenters. The van der Waals surface area contributed by atoms with Crippen molar-refractivity contribution in [3.63, 3.8) is 0 Å². The minimum absolute atomic E-state index is 0.361. The van der Waals surface area contributed by atoms with Gasteiger partial charge in [0.2, 0.25) is 5.91 Å². The highest BCUT2D eigenvalue weighted by atomic mass is 32.1. The van der Waals surface area contributed by atoms with Crippen LogP contribution in [0.3, 0.4) is 0 Å². The lowest BCUT2D eigenvalue weighted by Crippen LogP contribution is -2.23. The summed E-state index contributed by atoms with van der Waals surface area (Å²) in [5, 5.41) is 0. The summed E-state index contributed by atoms with van der Waals surface area (Å²) < 4.78 is 0. The van der Waals surface area contributed by atoms with E-state index in [0.717, 1.165) is 16.1 Å². The maximum absolute atomic E-state index is 11.5. The smallest absolute Gasteiger partial charge is 0.231 e. The molecule has 1 aromatic carbocycles. The molecule has 0 aliphatic carbocycles. The SMILES string of the molecule is Cc1scnc1C(C(N)=O)c1ccccc1. The number of benzene rings is 1. The summed E-state index contributed by atoms with van der Waals surface area (Å²) in [7, 11) is 0. The van der Waals surface area contributed by atoms with Gasteiger partial charge in [0, 0.05) is 4.88 Å². The van der Waals surface area contributed by atoms with Crippen LogP contribution in [-0.2, 0) is 4.79 Å². The highest BCUT2D eigenvalue weighted by molar-refractivity contribution is 7.09. The van der Waals surface area contributed by atoms with Gasteiger partial charge in [-0.1, -0.05) is 30.3 Å². The zero-order valence-corrected chi connectivity index (χ0v) is 9.70. The third-order valence-electron chi connectivity index (χ3n) is 2.47. The molecule has 3 nitrogen and oxygen atoms in total. The molecule has 0 aliphatic heterocycles. The van der Waals surface area contributed by atoms with Gasteiger partial charge in [-0.3, -0.25) is 4.79 Å². The molecule has 0 saturated heterocycles. The highest BCUT2D eigenvalue weighted by Crippen LogP contribution is 2.27. The van der Waals surface area contributed by atoms with Crippen LogP contribution in [0.4, 0.5) is 0 Å². The summed E-state index contributed by atoms with van der Waals surface area (Å²) in [6.07, 6.45) is 0. The minimum atomic E-state index is -0.438. The molecule has 0 radical (unpaired) electrons. The number of carbonyl (C=O) groups excluding carboxylic acids is 1. The quantitative estimate of drug-likeness (QED) is 0.880. The first kappa shape index (κ1) is 10.8. The lowest BCUT2D eigenvalue weighted by molar-refractivity contribution is -0.118. The molecule has 0 spiro atoms. The Balaban J connectivity index is 2.48. The number of aromatic nitrogens is 1. The van der Waals surface area contributed by atoms with E-state index < -0.39 is 5.92 Å². The molecular weight excluding hydrogens is 220 g/mol. The molecular formula is C12H12N2OS. The van der Waals surface area contributed by atoms with Crippen molar-refractivity contribution >= 4 is 17.2 Å². The molecule has 2 aromatic rings. The molecule has 0 bridgehead atoms. The van der Waals surface area contributed by atoms with Crippen molar-refractivity contribution < 1.29 is 4.79 Å². The molecule has 2 N–H and O–H groups in total. The normalized spacial score (nSPS) is 12.3. The van der Waals surface area contributed by atoms with Crippen molar-refractivity contribution in [3.05, 3.63) is 52.0 Å². The zero-order chi connectivity index (χ0) is 11.5. The fourth-order valence-corrected chi connectivity index (χ4v) is 2.31. The number of amides is 1. The third kappa shape index (κ3) is 1.97. The van der Waals surface area contributed by atoms with Crippen molar-refractivity contribution in [3.8, 4) is 0 Å². The van der Waals surface area contributed by atoms with Gasteiger partial charge in [0.15, 0.2) is 0 Å². The fraction of sp³-hybridized carbons (Fsp3) is 0.167. The average Bonchev–Trinajstić information content (AvgIpc) is 2.66. The Labute approximate surface area is 97.9 Å². The van der Waals surface area contributed by atoms with Gasteiger partial charge in [-0.15, -0.1) is 11.3 Å². The van der Waals surface area contributed by atoms with Gasteiger partial charge < -0.3 is 5.73 Å². The number of hydrogen-bond donors (Lipinski definition) is 1. The maximum Gasteiger partial charge on any atom is 0.231 e. The van der Waals surface area contributed by atoms with Crippen molar-refractivity contribution in [2.24, 2.45) is 5.73 Å². The van der Waals surface area contributed by atoms with Gasteiger partial charge in [-0.05, 0) is 12.5 Å². The molecule has 0 aliphatic rings. The molecule has 82 valence electrons. The van der Waals surface area contributed by atoms with Crippen molar-refractivity contribution in [1.29, 1.82) is 0 Å². The molecule has 16 heavy (non-hydrogen) atoms. The molecule has 1 atom stereocenters. The molecule has 2 rings (SSSR count). The maximum atomic E-state index is 11.5. The van der Waals surface area contributed by atoms with Crippen LogP contribution in [0.2, 0.25) is 0 Å². The van der Waals surface area contributed by atoms with Gasteiger partial charge in [0.1, 0.15) is 5.92 Å². The molecule has 1 amide bonds. The Hall–Kier alpha value is -1.68. The Bertz CT molecular complexity index is 493. The van der Waals surface area contributed by atoms with Crippen LogP contribution in [-0.4, -0.2) is 10.9 Å². The second-order valence-electron chi connectivity index (χ2n) is 3.54. The van der Waals surface area contributed by atoms with E-state index in [1.165, 1.54) is 11.3 Å². The second kappa shape index (κ2) is 4.45. The average molecular weight is 232 g/mol. The topological polar surface area (TPSA) is 56.0 Å². The molecule has 1 heterocycles. The van der Waals surface area contributed by atoms with E-state index in [2.05, 4.69) is 4.98 Å². The number of nitrogens with two attached hydrogens (primary N) is 1. The fourth-order valence-electron chi connectivity index (χ4n) is 1.69. The van der Waals surface area contributed by atoms with Crippen LogP contribution >= 0.6 is 11.3 Å². The van der Waals surface area contributed by atoms with Crippen LogP contribution < -0.4 is 5.73 Å². The van der Waals surface area contributed by atoms with Crippen molar-refractivity contribution in [1.82, 2.24) is 4.98 Å². The number of rotatable bonds is 3. The van der Waals surface area contributed by atoms with Crippen LogP contribution in [0.5, 0.6) is 0 Å². The Kier molecular flexibility index (Phi) is 3.01. The Morgan fingerprint density at radius 1 is 1.38 bits per heavy atom. The number of nitrogens with zero attached hydrogens (tertiary/aromatic N) is 1. The van der Waals surface area contributed by atoms with Crippen molar-refractivity contribution in [2.75, 3.05) is 0 Å². The predicted molar refractivity (Wildman–Crippen MR) is 64.3 cm³/mol. The van der Waals surface area contributed by atoms with E-state index in [-0.39, 0.29) is 5.91 Å². The summed E-state index contributed by atoms with van der Waals surface area (Å²) >= 11 is 1.53. The number of carbonyl (C=O) groups is 1. The van der Waals surface area contributed by atoms with Crippen LogP contribution in [0.25, 0.3) is 0 Å². The highest BCUT2D eigenvalue weighted by Gasteiger charge is 2.23. The number of hydrogen-bond acceptors (Lipinski definition) is 3. The predicted octanol–water partition coefficient (Wildman–Crippen LogP) is 2.07. The summed E-state index contributed by atoms with van der Waals surface area (Å²) in [6, 6.07) is 9.50. The summed E-state index contributed by atoms with van der Waals surface area (Å²) in [6.45, 7) is 1.95. The molecule has 0 saturated carbocycles. The van der Waals surface area contributed by atoms with Gasteiger partial charge in [0.25, 0.3) is 0 Å². The first-order chi connectivity index (χ1) is 7.70. The number of thiazole rings is 1. The summed E-state index contributed by atoms with van der Waals surface area (Å²) in [4.78, 5) is 16.8. The van der Waals surface area contributed by atoms with E-state index in [1.807, 2.05) is 37.3 Å². The standard InChI is InChI=1S/C12H12N2OS/c1-8-11(14-7-16-8)10(12(13)15)9-5-3-2-4-6-9/h2-7,10H,1H3,(H2,13,15). The second-order valence-corrected chi connectivity index (χ2v) is 4.60. The Morgan fingerprint density at radius 3 is 2.56 bits per heavy atom.